The standard InChI is InChI=1S/C13H21NO4/c1-13(2,3)18-12(17)14-6-4-5-10(14)8-7-9(8)11(15)16/h8-10H,4-7H2,1-3H3,(H,15,16)/t8-,9-,10+/m0/s1. The third-order valence-electron chi connectivity index (χ3n) is 3.58. The second-order valence-electron chi connectivity index (χ2n) is 6.23. The lowest BCUT2D eigenvalue weighted by atomic mass is 10.1. The van der Waals surface area contributed by atoms with Crippen molar-refractivity contribution in [2.24, 2.45) is 11.8 Å². The number of aliphatic carboxylic acids is 1. The number of carboxylic acids is 1. The molecule has 2 rings (SSSR count). The molecule has 0 aromatic rings. The van der Waals surface area contributed by atoms with E-state index in [2.05, 4.69) is 0 Å². The van der Waals surface area contributed by atoms with E-state index in [1.165, 1.54) is 0 Å². The summed E-state index contributed by atoms with van der Waals surface area (Å²) in [5, 5.41) is 8.96. The zero-order valence-corrected chi connectivity index (χ0v) is 11.2. The number of amides is 1. The predicted molar refractivity (Wildman–Crippen MR) is 65.2 cm³/mol. The molecule has 18 heavy (non-hydrogen) atoms. The van der Waals surface area contributed by atoms with Gasteiger partial charge in [0.1, 0.15) is 5.60 Å². The fourth-order valence-corrected chi connectivity index (χ4v) is 2.71. The summed E-state index contributed by atoms with van der Waals surface area (Å²) in [7, 11) is 0. The van der Waals surface area contributed by atoms with Crippen LogP contribution in [0.2, 0.25) is 0 Å². The van der Waals surface area contributed by atoms with Gasteiger partial charge >= 0.3 is 12.1 Å². The van der Waals surface area contributed by atoms with E-state index in [0.717, 1.165) is 12.8 Å². The van der Waals surface area contributed by atoms with Crippen LogP contribution in [0.4, 0.5) is 4.79 Å². The Morgan fingerprint density at radius 3 is 2.50 bits per heavy atom. The molecule has 1 saturated carbocycles. The summed E-state index contributed by atoms with van der Waals surface area (Å²) in [4.78, 5) is 24.7. The third-order valence-corrected chi connectivity index (χ3v) is 3.58. The van der Waals surface area contributed by atoms with E-state index in [4.69, 9.17) is 9.84 Å². The van der Waals surface area contributed by atoms with E-state index in [1.807, 2.05) is 20.8 Å². The van der Waals surface area contributed by atoms with Crippen molar-refractivity contribution in [3.05, 3.63) is 0 Å². The minimum absolute atomic E-state index is 0.0564. The van der Waals surface area contributed by atoms with Crippen molar-refractivity contribution in [1.29, 1.82) is 0 Å². The Morgan fingerprint density at radius 2 is 2.00 bits per heavy atom. The normalized spacial score (nSPS) is 31.3. The number of likely N-dealkylation sites (tertiary alicyclic amines) is 1. The summed E-state index contributed by atoms with van der Waals surface area (Å²) < 4.78 is 5.37. The summed E-state index contributed by atoms with van der Waals surface area (Å²) in [5.74, 6) is -0.883. The summed E-state index contributed by atoms with van der Waals surface area (Å²) in [6.07, 6.45) is 2.22. The molecule has 5 heteroatoms. The van der Waals surface area contributed by atoms with Crippen LogP contribution in [-0.4, -0.2) is 40.3 Å². The number of ether oxygens (including phenoxy) is 1. The van der Waals surface area contributed by atoms with Gasteiger partial charge in [0.2, 0.25) is 0 Å². The monoisotopic (exact) mass is 255 g/mol. The number of carboxylic acid groups (broad SMARTS) is 1. The first-order valence-electron chi connectivity index (χ1n) is 6.52. The molecule has 0 aromatic carbocycles. The molecule has 5 nitrogen and oxygen atoms in total. The minimum atomic E-state index is -0.740. The Hall–Kier alpha value is -1.26. The summed E-state index contributed by atoms with van der Waals surface area (Å²) >= 11 is 0. The maximum atomic E-state index is 12.0. The zero-order valence-electron chi connectivity index (χ0n) is 11.2. The average molecular weight is 255 g/mol. The van der Waals surface area contributed by atoms with Gasteiger partial charge in [-0.3, -0.25) is 4.79 Å². The van der Waals surface area contributed by atoms with Gasteiger partial charge in [0, 0.05) is 12.6 Å². The highest BCUT2D eigenvalue weighted by molar-refractivity contribution is 5.74. The van der Waals surface area contributed by atoms with Crippen molar-refractivity contribution in [3.8, 4) is 0 Å². The van der Waals surface area contributed by atoms with Crippen LogP contribution >= 0.6 is 0 Å². The summed E-state index contributed by atoms with van der Waals surface area (Å²) in [6, 6.07) is 0.0564. The lowest BCUT2D eigenvalue weighted by Crippen LogP contribution is -2.41. The van der Waals surface area contributed by atoms with Crippen LogP contribution in [0.25, 0.3) is 0 Å². The average Bonchev–Trinajstić information content (AvgIpc) is 2.86. The Kier molecular flexibility index (Phi) is 3.25. The Balaban J connectivity index is 1.96. The first-order chi connectivity index (χ1) is 8.29. The number of hydrogen-bond donors (Lipinski definition) is 1. The second-order valence-corrected chi connectivity index (χ2v) is 6.23. The van der Waals surface area contributed by atoms with Gasteiger partial charge in [0.15, 0.2) is 0 Å². The van der Waals surface area contributed by atoms with E-state index >= 15 is 0 Å². The van der Waals surface area contributed by atoms with E-state index in [-0.39, 0.29) is 24.0 Å². The maximum Gasteiger partial charge on any atom is 0.410 e. The molecule has 1 aliphatic heterocycles. The van der Waals surface area contributed by atoms with Crippen LogP contribution in [-0.2, 0) is 9.53 Å². The van der Waals surface area contributed by atoms with Gasteiger partial charge in [0.25, 0.3) is 0 Å². The molecule has 0 aromatic heterocycles. The largest absolute Gasteiger partial charge is 0.481 e. The SMILES string of the molecule is CC(C)(C)OC(=O)N1CCC[C@@H]1[C@H]1C[C@@H]1C(=O)O. The molecule has 1 aliphatic carbocycles. The smallest absolute Gasteiger partial charge is 0.410 e. The third kappa shape index (κ3) is 2.76. The van der Waals surface area contributed by atoms with Gasteiger partial charge in [-0.25, -0.2) is 4.79 Å². The molecule has 102 valence electrons. The topological polar surface area (TPSA) is 66.8 Å². The fraction of sp³-hybridized carbons (Fsp3) is 0.846. The van der Waals surface area contributed by atoms with Crippen molar-refractivity contribution in [1.82, 2.24) is 4.90 Å². The maximum absolute atomic E-state index is 12.0. The number of nitrogens with zero attached hydrogens (tertiary/aromatic N) is 1. The number of carbonyl (C=O) groups excluding carboxylic acids is 1. The van der Waals surface area contributed by atoms with E-state index in [1.54, 1.807) is 4.90 Å². The number of carbonyl (C=O) groups is 2. The van der Waals surface area contributed by atoms with Gasteiger partial charge in [-0.2, -0.15) is 0 Å². The van der Waals surface area contributed by atoms with Gasteiger partial charge in [0.05, 0.1) is 5.92 Å². The molecular formula is C13H21NO4. The minimum Gasteiger partial charge on any atom is -0.481 e. The fourth-order valence-electron chi connectivity index (χ4n) is 2.71. The van der Waals surface area contributed by atoms with E-state index in [0.29, 0.717) is 13.0 Å². The highest BCUT2D eigenvalue weighted by Gasteiger charge is 2.52. The van der Waals surface area contributed by atoms with Crippen molar-refractivity contribution in [2.45, 2.75) is 51.7 Å². The van der Waals surface area contributed by atoms with Crippen LogP contribution in [0, 0.1) is 11.8 Å². The molecule has 0 bridgehead atoms. The van der Waals surface area contributed by atoms with Crippen LogP contribution in [0.3, 0.4) is 0 Å². The first-order valence-corrected chi connectivity index (χ1v) is 6.52. The predicted octanol–water partition coefficient (Wildman–Crippen LogP) is 2.11. The van der Waals surface area contributed by atoms with Gasteiger partial charge < -0.3 is 14.7 Å². The summed E-state index contributed by atoms with van der Waals surface area (Å²) in [5.41, 5.74) is -0.500. The highest BCUT2D eigenvalue weighted by Crippen LogP contribution is 2.46. The number of hydrogen-bond acceptors (Lipinski definition) is 3. The van der Waals surface area contributed by atoms with Crippen LogP contribution in [0.1, 0.15) is 40.0 Å². The van der Waals surface area contributed by atoms with E-state index < -0.39 is 11.6 Å². The van der Waals surface area contributed by atoms with Gasteiger partial charge in [-0.15, -0.1) is 0 Å². The molecule has 0 unspecified atom stereocenters. The van der Waals surface area contributed by atoms with E-state index in [9.17, 15) is 9.59 Å². The van der Waals surface area contributed by atoms with Crippen molar-refractivity contribution in [3.63, 3.8) is 0 Å². The van der Waals surface area contributed by atoms with Gasteiger partial charge in [-0.1, -0.05) is 0 Å². The van der Waals surface area contributed by atoms with Crippen molar-refractivity contribution < 1.29 is 19.4 Å². The van der Waals surface area contributed by atoms with Crippen LogP contribution in [0.15, 0.2) is 0 Å². The Bertz CT molecular complexity index is 360. The zero-order chi connectivity index (χ0) is 13.5. The number of rotatable bonds is 2. The molecule has 1 heterocycles. The molecule has 1 saturated heterocycles. The van der Waals surface area contributed by atoms with Crippen molar-refractivity contribution in [2.75, 3.05) is 6.54 Å². The molecule has 1 amide bonds. The molecular weight excluding hydrogens is 234 g/mol. The molecule has 1 N–H and O–H groups in total. The molecule has 2 fully saturated rings. The van der Waals surface area contributed by atoms with Crippen molar-refractivity contribution >= 4 is 12.1 Å². The molecule has 0 radical (unpaired) electrons. The first kappa shape index (κ1) is 13.2. The second kappa shape index (κ2) is 4.44. The van der Waals surface area contributed by atoms with Gasteiger partial charge in [-0.05, 0) is 46.0 Å². The summed E-state index contributed by atoms with van der Waals surface area (Å²) in [6.45, 7) is 6.20. The molecule has 3 atom stereocenters. The van der Waals surface area contributed by atoms with Crippen LogP contribution < -0.4 is 0 Å². The lowest BCUT2D eigenvalue weighted by Gasteiger charge is -2.28. The van der Waals surface area contributed by atoms with Crippen LogP contribution in [0.5, 0.6) is 0 Å². The highest BCUT2D eigenvalue weighted by atomic mass is 16.6. The molecule has 0 spiro atoms. The quantitative estimate of drug-likeness (QED) is 0.820. The lowest BCUT2D eigenvalue weighted by molar-refractivity contribution is -0.139. The molecule has 2 aliphatic rings. The Labute approximate surface area is 107 Å². The Morgan fingerprint density at radius 1 is 1.33 bits per heavy atom.